The molecule has 0 aliphatic heterocycles. The number of allylic oxidation sites excluding steroid dienone is 1. The summed E-state index contributed by atoms with van der Waals surface area (Å²) in [6.07, 6.45) is 3.47. The molecule has 0 aliphatic rings. The van der Waals surface area contributed by atoms with E-state index in [2.05, 4.69) is 0 Å². The average Bonchev–Trinajstić information content (AvgIpc) is 2.54. The van der Waals surface area contributed by atoms with E-state index in [0.29, 0.717) is 72.7 Å². The van der Waals surface area contributed by atoms with Crippen molar-refractivity contribution in [3.63, 3.8) is 0 Å². The van der Waals surface area contributed by atoms with Gasteiger partial charge < -0.3 is 33.5 Å². The van der Waals surface area contributed by atoms with Gasteiger partial charge in [-0.15, -0.1) is 0 Å². The molecule has 0 spiro atoms. The Balaban J connectivity index is 2.94. The van der Waals surface area contributed by atoms with Gasteiger partial charge in [-0.25, -0.2) is 0 Å². The number of aliphatic hydroxyl groups is 1. The van der Waals surface area contributed by atoms with Crippen molar-refractivity contribution in [2.75, 3.05) is 79.3 Å². The Kier molecular flexibility index (Phi) is 19.7. The Morgan fingerprint density at radius 1 is 0.591 bits per heavy atom. The van der Waals surface area contributed by atoms with Crippen LogP contribution in [0.3, 0.4) is 0 Å². The quantitative estimate of drug-likeness (QED) is 0.293. The van der Waals surface area contributed by atoms with Crippen molar-refractivity contribution in [2.24, 2.45) is 0 Å². The van der Waals surface area contributed by atoms with Gasteiger partial charge in [-0.1, -0.05) is 6.08 Å². The minimum Gasteiger partial charge on any atom is -0.499 e. The topological polar surface area (TPSA) is 75.6 Å². The largest absolute Gasteiger partial charge is 0.499 e. The highest BCUT2D eigenvalue weighted by atomic mass is 16.6. The van der Waals surface area contributed by atoms with E-state index in [1.54, 1.807) is 6.26 Å². The van der Waals surface area contributed by atoms with Gasteiger partial charge in [-0.3, -0.25) is 0 Å². The molecule has 7 heteroatoms. The summed E-state index contributed by atoms with van der Waals surface area (Å²) in [4.78, 5) is 0. The van der Waals surface area contributed by atoms with Gasteiger partial charge in [0.05, 0.1) is 78.9 Å². The first-order valence-electron chi connectivity index (χ1n) is 7.64. The number of aliphatic hydroxyl groups excluding tert-OH is 1. The van der Waals surface area contributed by atoms with Crippen LogP contribution in [-0.2, 0) is 28.4 Å². The number of ether oxygens (including phenoxy) is 6. The molecule has 0 aromatic heterocycles. The number of hydrogen-bond donors (Lipinski definition) is 1. The van der Waals surface area contributed by atoms with E-state index < -0.39 is 0 Å². The summed E-state index contributed by atoms with van der Waals surface area (Å²) < 4.78 is 31.4. The lowest BCUT2D eigenvalue weighted by Gasteiger charge is -2.07. The van der Waals surface area contributed by atoms with E-state index in [1.165, 1.54) is 0 Å². The Labute approximate surface area is 133 Å². The van der Waals surface area contributed by atoms with Crippen molar-refractivity contribution in [3.8, 4) is 0 Å². The molecule has 7 nitrogen and oxygen atoms in total. The van der Waals surface area contributed by atoms with Crippen LogP contribution in [0.4, 0.5) is 0 Å². The minimum atomic E-state index is 0.0398. The summed E-state index contributed by atoms with van der Waals surface area (Å²) in [7, 11) is 0. The molecule has 132 valence electrons. The maximum atomic E-state index is 8.49. The molecular weight excluding hydrogens is 292 g/mol. The standard InChI is InChI=1S/C15H30O7/c1-2-4-17-6-8-19-10-12-21-14-15-22-13-11-20-9-7-18-5-3-16/h2,4,16H,3,5-15H2,1H3. The summed E-state index contributed by atoms with van der Waals surface area (Å²) in [6.45, 7) is 7.63. The second-order valence-corrected chi connectivity index (χ2v) is 4.13. The number of rotatable bonds is 18. The Hall–Kier alpha value is -0.700. The van der Waals surface area contributed by atoms with Crippen molar-refractivity contribution in [2.45, 2.75) is 6.92 Å². The third-order valence-electron chi connectivity index (χ3n) is 2.30. The van der Waals surface area contributed by atoms with Gasteiger partial charge in [0, 0.05) is 0 Å². The van der Waals surface area contributed by atoms with Gasteiger partial charge in [0.25, 0.3) is 0 Å². The van der Waals surface area contributed by atoms with Crippen LogP contribution in [0.1, 0.15) is 6.92 Å². The molecule has 0 fully saturated rings. The maximum absolute atomic E-state index is 8.49. The fraction of sp³-hybridized carbons (Fsp3) is 0.867. The van der Waals surface area contributed by atoms with Crippen molar-refractivity contribution in [1.82, 2.24) is 0 Å². The minimum absolute atomic E-state index is 0.0398. The molecule has 0 unspecified atom stereocenters. The molecule has 0 saturated carbocycles. The van der Waals surface area contributed by atoms with Gasteiger partial charge >= 0.3 is 0 Å². The van der Waals surface area contributed by atoms with Crippen molar-refractivity contribution >= 4 is 0 Å². The Morgan fingerprint density at radius 2 is 0.955 bits per heavy atom. The molecule has 0 bridgehead atoms. The van der Waals surface area contributed by atoms with Gasteiger partial charge in [0.1, 0.15) is 6.61 Å². The first-order chi connectivity index (χ1) is 10.9. The van der Waals surface area contributed by atoms with E-state index in [-0.39, 0.29) is 6.61 Å². The monoisotopic (exact) mass is 322 g/mol. The molecule has 0 aromatic rings. The predicted octanol–water partition coefficient (Wildman–Crippen LogP) is 0.612. The first kappa shape index (κ1) is 21.3. The third-order valence-corrected chi connectivity index (χ3v) is 2.30. The maximum Gasteiger partial charge on any atom is 0.111 e. The van der Waals surface area contributed by atoms with E-state index in [4.69, 9.17) is 33.5 Å². The first-order valence-corrected chi connectivity index (χ1v) is 7.64. The molecule has 0 rings (SSSR count). The molecule has 0 atom stereocenters. The van der Waals surface area contributed by atoms with Crippen molar-refractivity contribution < 1.29 is 33.5 Å². The zero-order valence-electron chi connectivity index (χ0n) is 13.5. The van der Waals surface area contributed by atoms with E-state index >= 15 is 0 Å². The highest BCUT2D eigenvalue weighted by Crippen LogP contribution is 1.84. The van der Waals surface area contributed by atoms with Crippen LogP contribution in [0.2, 0.25) is 0 Å². The summed E-state index contributed by atoms with van der Waals surface area (Å²) in [5, 5.41) is 8.49. The third kappa shape index (κ3) is 19.3. The fourth-order valence-electron chi connectivity index (χ4n) is 1.32. The summed E-state index contributed by atoms with van der Waals surface area (Å²) in [5.74, 6) is 0. The van der Waals surface area contributed by atoms with Gasteiger partial charge in [-0.2, -0.15) is 0 Å². The molecule has 0 radical (unpaired) electrons. The molecule has 22 heavy (non-hydrogen) atoms. The zero-order chi connectivity index (χ0) is 16.1. The summed E-state index contributed by atoms with van der Waals surface area (Å²) >= 11 is 0. The molecule has 0 aliphatic carbocycles. The summed E-state index contributed by atoms with van der Waals surface area (Å²) in [6, 6.07) is 0. The molecule has 0 aromatic carbocycles. The molecular formula is C15H30O7. The molecule has 0 amide bonds. The fourth-order valence-corrected chi connectivity index (χ4v) is 1.32. The highest BCUT2D eigenvalue weighted by molar-refractivity contribution is 4.64. The second kappa shape index (κ2) is 20.3. The lowest BCUT2D eigenvalue weighted by Crippen LogP contribution is -2.14. The lowest BCUT2D eigenvalue weighted by atomic mass is 10.7. The normalized spacial score (nSPS) is 11.4. The summed E-state index contributed by atoms with van der Waals surface area (Å²) in [5.41, 5.74) is 0. The predicted molar refractivity (Wildman–Crippen MR) is 81.9 cm³/mol. The smallest absolute Gasteiger partial charge is 0.111 e. The van der Waals surface area contributed by atoms with Crippen LogP contribution >= 0.6 is 0 Å². The Bertz CT molecular complexity index is 224. The van der Waals surface area contributed by atoms with E-state index in [1.807, 2.05) is 13.0 Å². The van der Waals surface area contributed by atoms with E-state index in [9.17, 15) is 0 Å². The van der Waals surface area contributed by atoms with Crippen LogP contribution in [0.25, 0.3) is 0 Å². The second-order valence-electron chi connectivity index (χ2n) is 4.13. The lowest BCUT2D eigenvalue weighted by molar-refractivity contribution is -0.0155. The van der Waals surface area contributed by atoms with Gasteiger partial charge in [-0.05, 0) is 6.92 Å². The van der Waals surface area contributed by atoms with Crippen LogP contribution < -0.4 is 0 Å². The van der Waals surface area contributed by atoms with Crippen LogP contribution in [0.5, 0.6) is 0 Å². The van der Waals surface area contributed by atoms with Crippen LogP contribution in [-0.4, -0.2) is 84.4 Å². The average molecular weight is 322 g/mol. The molecule has 0 heterocycles. The Morgan fingerprint density at radius 3 is 1.32 bits per heavy atom. The van der Waals surface area contributed by atoms with E-state index in [0.717, 1.165) is 0 Å². The zero-order valence-corrected chi connectivity index (χ0v) is 13.5. The van der Waals surface area contributed by atoms with Crippen LogP contribution in [0.15, 0.2) is 12.3 Å². The molecule has 0 saturated heterocycles. The van der Waals surface area contributed by atoms with Crippen molar-refractivity contribution in [3.05, 3.63) is 12.3 Å². The molecule has 1 N–H and O–H groups in total. The highest BCUT2D eigenvalue weighted by Gasteiger charge is 1.93. The van der Waals surface area contributed by atoms with Crippen LogP contribution in [0, 0.1) is 0 Å². The van der Waals surface area contributed by atoms with Gasteiger partial charge in [0.2, 0.25) is 0 Å². The number of hydrogen-bond acceptors (Lipinski definition) is 7. The SMILES string of the molecule is CC=COCCOCCOCCOCCOCCOCCO. The van der Waals surface area contributed by atoms with Gasteiger partial charge in [0.15, 0.2) is 0 Å². The van der Waals surface area contributed by atoms with Crippen molar-refractivity contribution in [1.29, 1.82) is 0 Å².